The lowest BCUT2D eigenvalue weighted by molar-refractivity contribution is 0.0697. The quantitative estimate of drug-likeness (QED) is 0.840. The van der Waals surface area contributed by atoms with E-state index in [2.05, 4.69) is 34.6 Å². The van der Waals surface area contributed by atoms with Crippen molar-refractivity contribution in [3.05, 3.63) is 63.9 Å². The molecule has 0 amide bonds. The van der Waals surface area contributed by atoms with Gasteiger partial charge in [-0.2, -0.15) is 0 Å². The zero-order valence-corrected chi connectivity index (χ0v) is 14.5. The fourth-order valence-corrected chi connectivity index (χ4v) is 3.82. The van der Waals surface area contributed by atoms with Gasteiger partial charge in [0.1, 0.15) is 0 Å². The number of carbonyl (C=O) groups is 1. The summed E-state index contributed by atoms with van der Waals surface area (Å²) in [4.78, 5) is 14.8. The van der Waals surface area contributed by atoms with E-state index in [0.29, 0.717) is 11.6 Å². The monoisotopic (exact) mass is 341 g/mol. The first kappa shape index (κ1) is 16.9. The molecular weight excluding hydrogens is 318 g/mol. The summed E-state index contributed by atoms with van der Waals surface area (Å²) in [6.07, 6.45) is 9.56. The van der Waals surface area contributed by atoms with Crippen molar-refractivity contribution in [1.82, 2.24) is 4.90 Å². The Labute approximate surface area is 147 Å². The van der Waals surface area contributed by atoms with Crippen LogP contribution in [0.15, 0.2) is 47.9 Å². The largest absolute Gasteiger partial charge is 0.478 e. The number of nitrogens with zero attached hydrogens (tertiary/aromatic N) is 1. The summed E-state index contributed by atoms with van der Waals surface area (Å²) < 4.78 is 0. The van der Waals surface area contributed by atoms with Gasteiger partial charge in [-0.15, -0.1) is 11.3 Å². The minimum Gasteiger partial charge on any atom is -0.478 e. The molecule has 1 fully saturated rings. The predicted octanol–water partition coefficient (Wildman–Crippen LogP) is 4.90. The van der Waals surface area contributed by atoms with Gasteiger partial charge in [0.05, 0.1) is 5.56 Å². The van der Waals surface area contributed by atoms with Crippen molar-refractivity contribution < 1.29 is 9.90 Å². The zero-order valence-electron chi connectivity index (χ0n) is 13.7. The normalized spacial score (nSPS) is 19.4. The van der Waals surface area contributed by atoms with Gasteiger partial charge < -0.3 is 5.11 Å². The third-order valence-corrected chi connectivity index (χ3v) is 5.36. The molecule has 1 aromatic carbocycles. The van der Waals surface area contributed by atoms with E-state index in [-0.39, 0.29) is 0 Å². The molecule has 0 saturated carbocycles. The van der Waals surface area contributed by atoms with Crippen molar-refractivity contribution in [2.45, 2.75) is 38.3 Å². The lowest BCUT2D eigenvalue weighted by Crippen LogP contribution is -2.32. The maximum atomic E-state index is 11.0. The highest BCUT2D eigenvalue weighted by Gasteiger charge is 2.19. The minimum atomic E-state index is -0.868. The summed E-state index contributed by atoms with van der Waals surface area (Å²) in [5.41, 5.74) is 1.53. The second-order valence-electron chi connectivity index (χ2n) is 6.26. The number of likely N-dealkylation sites (tertiary alicyclic amines) is 1. The Morgan fingerprint density at radius 2 is 2.04 bits per heavy atom. The van der Waals surface area contributed by atoms with E-state index in [0.717, 1.165) is 13.1 Å². The lowest BCUT2D eigenvalue weighted by Gasteiger charge is -2.27. The number of benzene rings is 1. The molecule has 1 atom stereocenters. The molecular formula is C20H23NO2S. The molecule has 4 heteroatoms. The average molecular weight is 341 g/mol. The Morgan fingerprint density at radius 1 is 1.21 bits per heavy atom. The molecule has 2 aromatic rings. The highest BCUT2D eigenvalue weighted by atomic mass is 32.1. The fraction of sp³-hybridized carbons (Fsp3) is 0.350. The Hall–Kier alpha value is -1.91. The standard InChI is InChI=1S/C20H23NO2S/c22-20(23)17-9-7-16(8-10-17)15-21-13-3-1-2-5-18(21)11-12-19-6-4-14-24-19/h4,6-12,14,18H,1-3,5,13,15H2,(H,22,23)/b12-11+. The summed E-state index contributed by atoms with van der Waals surface area (Å²) in [6.45, 7) is 1.97. The summed E-state index contributed by atoms with van der Waals surface area (Å²) in [7, 11) is 0. The van der Waals surface area contributed by atoms with Crippen molar-refractivity contribution >= 4 is 23.4 Å². The number of rotatable bonds is 5. The molecule has 2 heterocycles. The van der Waals surface area contributed by atoms with Gasteiger partial charge in [0.2, 0.25) is 0 Å². The molecule has 24 heavy (non-hydrogen) atoms. The fourth-order valence-electron chi connectivity index (χ4n) is 3.19. The van der Waals surface area contributed by atoms with E-state index in [9.17, 15) is 4.79 Å². The lowest BCUT2D eigenvalue weighted by atomic mass is 10.1. The molecule has 0 radical (unpaired) electrons. The zero-order chi connectivity index (χ0) is 16.8. The van der Waals surface area contributed by atoms with Crippen LogP contribution in [-0.4, -0.2) is 28.6 Å². The van der Waals surface area contributed by atoms with Crippen molar-refractivity contribution in [3.63, 3.8) is 0 Å². The first-order valence-electron chi connectivity index (χ1n) is 8.50. The Morgan fingerprint density at radius 3 is 2.75 bits per heavy atom. The summed E-state index contributed by atoms with van der Waals surface area (Å²) in [6, 6.07) is 12.0. The number of thiophene rings is 1. The maximum absolute atomic E-state index is 11.0. The molecule has 0 bridgehead atoms. The van der Waals surface area contributed by atoms with Gasteiger partial charge in [0.15, 0.2) is 0 Å². The number of hydrogen-bond acceptors (Lipinski definition) is 3. The van der Waals surface area contributed by atoms with Crippen molar-refractivity contribution in [1.29, 1.82) is 0 Å². The third kappa shape index (κ3) is 4.56. The van der Waals surface area contributed by atoms with Crippen LogP contribution in [0.5, 0.6) is 0 Å². The van der Waals surface area contributed by atoms with Crippen LogP contribution in [0.2, 0.25) is 0 Å². The summed E-state index contributed by atoms with van der Waals surface area (Å²) >= 11 is 1.77. The molecule has 1 aliphatic heterocycles. The Kier molecular flexibility index (Phi) is 5.83. The smallest absolute Gasteiger partial charge is 0.335 e. The SMILES string of the molecule is O=C(O)c1ccc(CN2CCCCCC2/C=C/c2cccs2)cc1. The van der Waals surface area contributed by atoms with Crippen LogP contribution >= 0.6 is 11.3 Å². The molecule has 1 unspecified atom stereocenters. The van der Waals surface area contributed by atoms with Gasteiger partial charge >= 0.3 is 5.97 Å². The van der Waals surface area contributed by atoms with E-state index >= 15 is 0 Å². The highest BCUT2D eigenvalue weighted by molar-refractivity contribution is 7.10. The number of carboxylic acids is 1. The first-order valence-corrected chi connectivity index (χ1v) is 9.38. The average Bonchev–Trinajstić information content (AvgIpc) is 3.01. The van der Waals surface area contributed by atoms with Crippen LogP contribution in [0.1, 0.15) is 46.5 Å². The second kappa shape index (κ2) is 8.27. The van der Waals surface area contributed by atoms with Crippen LogP contribution in [0.3, 0.4) is 0 Å². The summed E-state index contributed by atoms with van der Waals surface area (Å²) in [5, 5.41) is 11.1. The molecule has 3 rings (SSSR count). The van der Waals surface area contributed by atoms with Crippen LogP contribution < -0.4 is 0 Å². The molecule has 126 valence electrons. The van der Waals surface area contributed by atoms with Crippen LogP contribution in [-0.2, 0) is 6.54 Å². The van der Waals surface area contributed by atoms with E-state index in [4.69, 9.17) is 5.11 Å². The molecule has 1 aliphatic rings. The Balaban J connectivity index is 1.71. The molecule has 3 nitrogen and oxygen atoms in total. The first-order chi connectivity index (χ1) is 11.7. The minimum absolute atomic E-state index is 0.351. The van der Waals surface area contributed by atoms with Gasteiger partial charge in [-0.25, -0.2) is 4.79 Å². The van der Waals surface area contributed by atoms with E-state index in [1.807, 2.05) is 12.1 Å². The van der Waals surface area contributed by atoms with Crippen LogP contribution in [0, 0.1) is 0 Å². The Bertz CT molecular complexity index is 676. The topological polar surface area (TPSA) is 40.5 Å². The predicted molar refractivity (Wildman–Crippen MR) is 99.4 cm³/mol. The molecule has 0 spiro atoms. The maximum Gasteiger partial charge on any atom is 0.335 e. The number of carboxylic acid groups (broad SMARTS) is 1. The van der Waals surface area contributed by atoms with E-state index in [1.54, 1.807) is 23.5 Å². The van der Waals surface area contributed by atoms with Gasteiger partial charge in [-0.1, -0.05) is 37.1 Å². The summed E-state index contributed by atoms with van der Waals surface area (Å²) in [5.74, 6) is -0.868. The van der Waals surface area contributed by atoms with Gasteiger partial charge in [-0.05, 0) is 54.6 Å². The van der Waals surface area contributed by atoms with Crippen LogP contribution in [0.25, 0.3) is 6.08 Å². The highest BCUT2D eigenvalue weighted by Crippen LogP contribution is 2.22. The van der Waals surface area contributed by atoms with Crippen molar-refractivity contribution in [2.24, 2.45) is 0 Å². The van der Waals surface area contributed by atoms with Crippen molar-refractivity contribution in [3.8, 4) is 0 Å². The number of hydrogen-bond donors (Lipinski definition) is 1. The third-order valence-electron chi connectivity index (χ3n) is 4.53. The molecule has 0 aliphatic carbocycles. The van der Waals surface area contributed by atoms with Gasteiger partial charge in [-0.3, -0.25) is 4.90 Å². The molecule has 1 N–H and O–H groups in total. The van der Waals surface area contributed by atoms with Gasteiger partial charge in [0, 0.05) is 17.5 Å². The molecule has 1 saturated heterocycles. The van der Waals surface area contributed by atoms with Crippen molar-refractivity contribution in [2.75, 3.05) is 6.54 Å². The number of aromatic carboxylic acids is 1. The van der Waals surface area contributed by atoms with E-state index < -0.39 is 5.97 Å². The van der Waals surface area contributed by atoms with Crippen LogP contribution in [0.4, 0.5) is 0 Å². The van der Waals surface area contributed by atoms with Gasteiger partial charge in [0.25, 0.3) is 0 Å². The molecule has 1 aromatic heterocycles. The second-order valence-corrected chi connectivity index (χ2v) is 7.24. The van der Waals surface area contributed by atoms with E-state index in [1.165, 1.54) is 36.1 Å².